The first kappa shape index (κ1) is 13.3. The van der Waals surface area contributed by atoms with Gasteiger partial charge in [-0.15, -0.1) is 0 Å². The predicted molar refractivity (Wildman–Crippen MR) is 77.6 cm³/mol. The Hall–Kier alpha value is -1.18. The summed E-state index contributed by atoms with van der Waals surface area (Å²) >= 11 is 2.23. The van der Waals surface area contributed by atoms with Gasteiger partial charge in [0.25, 0.3) is 5.56 Å². The summed E-state index contributed by atoms with van der Waals surface area (Å²) in [5, 5.41) is 4.16. The summed E-state index contributed by atoms with van der Waals surface area (Å²) in [6.07, 6.45) is 4.40. The van der Waals surface area contributed by atoms with E-state index < -0.39 is 0 Å². The van der Waals surface area contributed by atoms with Gasteiger partial charge < -0.3 is 4.57 Å². The number of aromatic nitrogens is 4. The summed E-state index contributed by atoms with van der Waals surface area (Å²) < 4.78 is 4.60. The van der Waals surface area contributed by atoms with Crippen molar-refractivity contribution in [1.29, 1.82) is 0 Å². The fourth-order valence-electron chi connectivity index (χ4n) is 1.72. The number of halogens is 1. The van der Waals surface area contributed by atoms with Crippen molar-refractivity contribution in [3.05, 3.63) is 43.9 Å². The molecule has 0 saturated heterocycles. The Morgan fingerprint density at radius 2 is 2.22 bits per heavy atom. The van der Waals surface area contributed by atoms with Gasteiger partial charge in [0.2, 0.25) is 0 Å². The average Bonchev–Trinajstić information content (AvgIpc) is 2.74. The second kappa shape index (κ2) is 5.64. The fourth-order valence-corrected chi connectivity index (χ4v) is 2.22. The number of pyridine rings is 1. The number of nitrogens with zero attached hydrogens (tertiary/aromatic N) is 4. The molecule has 0 aliphatic rings. The summed E-state index contributed by atoms with van der Waals surface area (Å²) in [5.74, 6) is 0.818. The van der Waals surface area contributed by atoms with Gasteiger partial charge in [-0.3, -0.25) is 4.79 Å². The highest BCUT2D eigenvalue weighted by molar-refractivity contribution is 14.1. The van der Waals surface area contributed by atoms with Gasteiger partial charge >= 0.3 is 0 Å². The van der Waals surface area contributed by atoms with Crippen molar-refractivity contribution in [2.45, 2.75) is 33.4 Å². The van der Waals surface area contributed by atoms with Crippen LogP contribution in [0.3, 0.4) is 0 Å². The van der Waals surface area contributed by atoms with Gasteiger partial charge in [-0.25, -0.2) is 9.67 Å². The second-order valence-electron chi connectivity index (χ2n) is 4.17. The molecule has 0 fully saturated rings. The summed E-state index contributed by atoms with van der Waals surface area (Å²) in [6.45, 7) is 5.32. The molecule has 18 heavy (non-hydrogen) atoms. The van der Waals surface area contributed by atoms with E-state index in [1.54, 1.807) is 10.6 Å². The molecular weight excluding hydrogens is 343 g/mol. The zero-order chi connectivity index (χ0) is 13.1. The minimum absolute atomic E-state index is 0.000959. The van der Waals surface area contributed by atoms with E-state index in [2.05, 4.69) is 39.6 Å². The first-order valence-electron chi connectivity index (χ1n) is 5.85. The molecule has 6 heteroatoms. The molecule has 96 valence electrons. The summed E-state index contributed by atoms with van der Waals surface area (Å²) in [6, 6.07) is 1.66. The fraction of sp³-hybridized carbons (Fsp3) is 0.417. The normalized spacial score (nSPS) is 10.8. The molecule has 0 unspecified atom stereocenters. The van der Waals surface area contributed by atoms with Crippen LogP contribution in [0.2, 0.25) is 0 Å². The van der Waals surface area contributed by atoms with Crippen LogP contribution >= 0.6 is 22.6 Å². The number of hydrogen-bond donors (Lipinski definition) is 0. The third kappa shape index (κ3) is 2.80. The first-order chi connectivity index (χ1) is 8.61. The number of rotatable bonds is 4. The largest absolute Gasteiger partial charge is 0.307 e. The van der Waals surface area contributed by atoms with Crippen LogP contribution in [0.15, 0.2) is 23.4 Å². The predicted octanol–water partition coefficient (Wildman–Crippen LogP) is 1.81. The van der Waals surface area contributed by atoms with Crippen LogP contribution in [0.1, 0.15) is 24.7 Å². The summed E-state index contributed by atoms with van der Waals surface area (Å²) in [4.78, 5) is 16.1. The van der Waals surface area contributed by atoms with Gasteiger partial charge in [-0.1, -0.05) is 6.92 Å². The third-order valence-corrected chi connectivity index (χ3v) is 3.84. The van der Waals surface area contributed by atoms with Crippen LogP contribution in [0.5, 0.6) is 0 Å². The molecule has 0 aromatic carbocycles. The Kier molecular flexibility index (Phi) is 4.15. The molecule has 0 N–H and O–H groups in total. The van der Waals surface area contributed by atoms with Gasteiger partial charge in [0.15, 0.2) is 0 Å². The molecule has 0 saturated carbocycles. The van der Waals surface area contributed by atoms with Crippen molar-refractivity contribution in [1.82, 2.24) is 19.3 Å². The van der Waals surface area contributed by atoms with Crippen LogP contribution in [0.4, 0.5) is 0 Å². The van der Waals surface area contributed by atoms with Crippen molar-refractivity contribution >= 4 is 22.6 Å². The highest BCUT2D eigenvalue weighted by Crippen LogP contribution is 2.08. The highest BCUT2D eigenvalue weighted by atomic mass is 127. The SMILES string of the molecule is CCCn1ncnc1Cn1cc(I)c(C)cc1=O. The van der Waals surface area contributed by atoms with Crippen molar-refractivity contribution < 1.29 is 0 Å². The minimum atomic E-state index is -0.000959. The Morgan fingerprint density at radius 1 is 1.44 bits per heavy atom. The molecule has 2 rings (SSSR count). The van der Waals surface area contributed by atoms with Gasteiger partial charge in [0, 0.05) is 22.4 Å². The van der Waals surface area contributed by atoms with Gasteiger partial charge in [-0.2, -0.15) is 5.10 Å². The molecule has 0 atom stereocenters. The van der Waals surface area contributed by atoms with Crippen molar-refractivity contribution in [3.8, 4) is 0 Å². The maximum absolute atomic E-state index is 11.9. The second-order valence-corrected chi connectivity index (χ2v) is 5.33. The van der Waals surface area contributed by atoms with Crippen LogP contribution in [0.25, 0.3) is 0 Å². The quantitative estimate of drug-likeness (QED) is 0.784. The molecule has 5 nitrogen and oxygen atoms in total. The molecule has 2 heterocycles. The zero-order valence-electron chi connectivity index (χ0n) is 10.4. The van der Waals surface area contributed by atoms with E-state index >= 15 is 0 Å². The third-order valence-electron chi connectivity index (χ3n) is 2.71. The first-order valence-corrected chi connectivity index (χ1v) is 6.93. The van der Waals surface area contributed by atoms with E-state index in [-0.39, 0.29) is 5.56 Å². The maximum atomic E-state index is 11.9. The van der Waals surface area contributed by atoms with E-state index in [0.717, 1.165) is 27.9 Å². The molecule has 2 aromatic heterocycles. The summed E-state index contributed by atoms with van der Waals surface area (Å²) in [5.41, 5.74) is 1.01. The van der Waals surface area contributed by atoms with Crippen LogP contribution in [-0.2, 0) is 13.1 Å². The van der Waals surface area contributed by atoms with Gasteiger partial charge in [-0.05, 0) is 41.5 Å². The van der Waals surface area contributed by atoms with Gasteiger partial charge in [0.1, 0.15) is 12.2 Å². The van der Waals surface area contributed by atoms with Gasteiger partial charge in [0.05, 0.1) is 6.54 Å². The molecular formula is C12H15IN4O. The summed E-state index contributed by atoms with van der Waals surface area (Å²) in [7, 11) is 0. The van der Waals surface area contributed by atoms with Crippen molar-refractivity contribution in [3.63, 3.8) is 0 Å². The maximum Gasteiger partial charge on any atom is 0.251 e. The average molecular weight is 358 g/mol. The monoisotopic (exact) mass is 358 g/mol. The van der Waals surface area contributed by atoms with Crippen molar-refractivity contribution in [2.75, 3.05) is 0 Å². The zero-order valence-corrected chi connectivity index (χ0v) is 12.6. The smallest absolute Gasteiger partial charge is 0.251 e. The lowest BCUT2D eigenvalue weighted by atomic mass is 10.3. The van der Waals surface area contributed by atoms with Crippen LogP contribution < -0.4 is 5.56 Å². The highest BCUT2D eigenvalue weighted by Gasteiger charge is 2.07. The van der Waals surface area contributed by atoms with Crippen molar-refractivity contribution in [2.24, 2.45) is 0 Å². The minimum Gasteiger partial charge on any atom is -0.307 e. The molecule has 0 spiro atoms. The van der Waals surface area contributed by atoms with E-state index in [4.69, 9.17) is 0 Å². The Morgan fingerprint density at radius 3 is 2.94 bits per heavy atom. The topological polar surface area (TPSA) is 52.7 Å². The van der Waals surface area contributed by atoms with E-state index in [1.165, 1.54) is 6.33 Å². The number of hydrogen-bond acceptors (Lipinski definition) is 3. The van der Waals surface area contributed by atoms with Crippen LogP contribution in [-0.4, -0.2) is 19.3 Å². The molecule has 2 aromatic rings. The molecule has 0 amide bonds. The molecule has 0 aliphatic carbocycles. The Labute approximate surface area is 119 Å². The van der Waals surface area contributed by atoms with Crippen LogP contribution in [0, 0.1) is 10.5 Å². The van der Waals surface area contributed by atoms with E-state index in [9.17, 15) is 4.79 Å². The number of aryl methyl sites for hydroxylation is 2. The molecule has 0 aliphatic heterocycles. The lowest BCUT2D eigenvalue weighted by Gasteiger charge is -2.08. The molecule has 0 radical (unpaired) electrons. The van der Waals surface area contributed by atoms with E-state index in [1.807, 2.05) is 17.8 Å². The van der Waals surface area contributed by atoms with E-state index in [0.29, 0.717) is 6.54 Å². The Bertz CT molecular complexity index is 602. The Balaban J connectivity index is 2.31. The lowest BCUT2D eigenvalue weighted by Crippen LogP contribution is -2.22. The lowest BCUT2D eigenvalue weighted by molar-refractivity contribution is 0.550. The molecule has 0 bridgehead atoms. The standard InChI is InChI=1S/C12H15IN4O/c1-3-4-17-11(14-8-15-17)7-16-6-10(13)9(2)5-12(16)18/h5-6,8H,3-4,7H2,1-2H3.